The van der Waals surface area contributed by atoms with Crippen LogP contribution in [0.5, 0.6) is 0 Å². The minimum atomic E-state index is -4.34. The molecule has 4 rings (SSSR count). The summed E-state index contributed by atoms with van der Waals surface area (Å²) in [6, 6.07) is 5.14. The summed E-state index contributed by atoms with van der Waals surface area (Å²) in [6.07, 6.45) is -3.21. The third-order valence-corrected chi connectivity index (χ3v) is 4.85. The quantitative estimate of drug-likeness (QED) is 0.686. The number of anilines is 1. The van der Waals surface area contributed by atoms with Crippen LogP contribution in [0, 0.1) is 13.8 Å². The SMILES string of the molecule is Cc1nc2ncnn2c(N2CCOC(c3ccc(C(F)(F)F)cc3)C2)c1C. The molecule has 3 aromatic rings. The first kappa shape index (κ1) is 17.7. The minimum Gasteiger partial charge on any atom is -0.370 e. The second-order valence-electron chi connectivity index (χ2n) is 6.54. The number of rotatable bonds is 2. The third kappa shape index (κ3) is 3.23. The first-order valence-corrected chi connectivity index (χ1v) is 8.55. The van der Waals surface area contributed by atoms with Crippen LogP contribution in [0.15, 0.2) is 30.6 Å². The number of alkyl halides is 3. The first-order valence-electron chi connectivity index (χ1n) is 8.55. The van der Waals surface area contributed by atoms with E-state index >= 15 is 0 Å². The summed E-state index contributed by atoms with van der Waals surface area (Å²) in [4.78, 5) is 10.7. The molecule has 0 aliphatic carbocycles. The number of nitrogens with zero attached hydrogens (tertiary/aromatic N) is 5. The molecule has 1 aliphatic rings. The summed E-state index contributed by atoms with van der Waals surface area (Å²) >= 11 is 0. The number of benzene rings is 1. The van der Waals surface area contributed by atoms with Crippen LogP contribution in [0.4, 0.5) is 19.0 Å². The van der Waals surface area contributed by atoms with Gasteiger partial charge in [0.05, 0.1) is 12.2 Å². The number of fused-ring (bicyclic) bond motifs is 1. The third-order valence-electron chi connectivity index (χ3n) is 4.85. The molecule has 1 aliphatic heterocycles. The van der Waals surface area contributed by atoms with E-state index < -0.39 is 11.7 Å². The smallest absolute Gasteiger partial charge is 0.370 e. The fraction of sp³-hybridized carbons (Fsp3) is 0.389. The Morgan fingerprint density at radius 3 is 2.59 bits per heavy atom. The van der Waals surface area contributed by atoms with Crippen LogP contribution in [-0.4, -0.2) is 39.3 Å². The molecule has 27 heavy (non-hydrogen) atoms. The molecule has 0 bridgehead atoms. The van der Waals surface area contributed by atoms with Crippen molar-refractivity contribution in [2.75, 3.05) is 24.6 Å². The number of hydrogen-bond donors (Lipinski definition) is 0. The highest BCUT2D eigenvalue weighted by Crippen LogP contribution is 2.32. The predicted octanol–water partition coefficient (Wildman–Crippen LogP) is 3.34. The molecular formula is C18H18F3N5O. The van der Waals surface area contributed by atoms with Gasteiger partial charge in [-0.05, 0) is 31.5 Å². The minimum absolute atomic E-state index is 0.326. The van der Waals surface area contributed by atoms with Crippen LogP contribution in [0.1, 0.15) is 28.5 Å². The Bertz CT molecular complexity index is 968. The Balaban J connectivity index is 1.64. The Labute approximate surface area is 153 Å². The second kappa shape index (κ2) is 6.49. The van der Waals surface area contributed by atoms with Gasteiger partial charge < -0.3 is 9.64 Å². The molecule has 1 saturated heterocycles. The summed E-state index contributed by atoms with van der Waals surface area (Å²) < 4.78 is 45.9. The van der Waals surface area contributed by atoms with Gasteiger partial charge in [-0.2, -0.15) is 27.8 Å². The van der Waals surface area contributed by atoms with Crippen molar-refractivity contribution < 1.29 is 17.9 Å². The molecule has 1 fully saturated rings. The number of halogens is 3. The largest absolute Gasteiger partial charge is 0.416 e. The van der Waals surface area contributed by atoms with Gasteiger partial charge in [-0.1, -0.05) is 12.1 Å². The highest BCUT2D eigenvalue weighted by molar-refractivity contribution is 5.54. The van der Waals surface area contributed by atoms with E-state index in [0.29, 0.717) is 31.0 Å². The van der Waals surface area contributed by atoms with Crippen LogP contribution in [-0.2, 0) is 10.9 Å². The molecule has 0 radical (unpaired) electrons. The van der Waals surface area contributed by atoms with E-state index in [1.807, 2.05) is 13.8 Å². The number of ether oxygens (including phenoxy) is 1. The lowest BCUT2D eigenvalue weighted by atomic mass is 10.0. The lowest BCUT2D eigenvalue weighted by Gasteiger charge is -2.35. The molecule has 9 heteroatoms. The average molecular weight is 377 g/mol. The molecule has 6 nitrogen and oxygen atoms in total. The van der Waals surface area contributed by atoms with E-state index in [1.165, 1.54) is 18.5 Å². The molecule has 2 aromatic heterocycles. The van der Waals surface area contributed by atoms with Crippen molar-refractivity contribution in [3.63, 3.8) is 0 Å². The van der Waals surface area contributed by atoms with Gasteiger partial charge in [0.15, 0.2) is 0 Å². The lowest BCUT2D eigenvalue weighted by Crippen LogP contribution is -2.40. The average Bonchev–Trinajstić information content (AvgIpc) is 3.10. The molecule has 1 aromatic carbocycles. The molecule has 142 valence electrons. The molecule has 1 unspecified atom stereocenters. The molecule has 0 N–H and O–H groups in total. The van der Waals surface area contributed by atoms with Crippen molar-refractivity contribution in [2.24, 2.45) is 0 Å². The van der Waals surface area contributed by atoms with Crippen LogP contribution in [0.2, 0.25) is 0 Å². The molecule has 1 atom stereocenters. The molecule has 0 spiro atoms. The molecule has 0 amide bonds. The van der Waals surface area contributed by atoms with Crippen LogP contribution >= 0.6 is 0 Å². The van der Waals surface area contributed by atoms with E-state index in [-0.39, 0.29) is 6.10 Å². The van der Waals surface area contributed by atoms with Crippen molar-refractivity contribution in [3.05, 3.63) is 53.0 Å². The maximum Gasteiger partial charge on any atom is 0.416 e. The maximum atomic E-state index is 12.8. The van der Waals surface area contributed by atoms with Crippen LogP contribution < -0.4 is 4.90 Å². The number of aryl methyl sites for hydroxylation is 1. The van der Waals surface area contributed by atoms with Crippen molar-refractivity contribution in [1.29, 1.82) is 0 Å². The normalized spacial score (nSPS) is 18.3. The van der Waals surface area contributed by atoms with Crippen LogP contribution in [0.3, 0.4) is 0 Å². The zero-order valence-corrected chi connectivity index (χ0v) is 14.9. The highest BCUT2D eigenvalue weighted by atomic mass is 19.4. The molecule has 3 heterocycles. The van der Waals surface area contributed by atoms with Gasteiger partial charge in [-0.15, -0.1) is 0 Å². The highest BCUT2D eigenvalue weighted by Gasteiger charge is 2.31. The number of hydrogen-bond acceptors (Lipinski definition) is 5. The van der Waals surface area contributed by atoms with Crippen molar-refractivity contribution in [2.45, 2.75) is 26.1 Å². The van der Waals surface area contributed by atoms with E-state index in [1.54, 1.807) is 4.52 Å². The summed E-state index contributed by atoms with van der Waals surface area (Å²) in [5, 5.41) is 4.27. The summed E-state index contributed by atoms with van der Waals surface area (Å²) in [6.45, 7) is 5.51. The van der Waals surface area contributed by atoms with E-state index in [4.69, 9.17) is 4.74 Å². The Morgan fingerprint density at radius 1 is 1.15 bits per heavy atom. The van der Waals surface area contributed by atoms with E-state index in [9.17, 15) is 13.2 Å². The summed E-state index contributed by atoms with van der Waals surface area (Å²) in [7, 11) is 0. The summed E-state index contributed by atoms with van der Waals surface area (Å²) in [5.74, 6) is 1.40. The molecule has 0 saturated carbocycles. The van der Waals surface area contributed by atoms with Gasteiger partial charge in [0.2, 0.25) is 0 Å². The zero-order chi connectivity index (χ0) is 19.2. The molecular weight excluding hydrogens is 359 g/mol. The predicted molar refractivity (Wildman–Crippen MR) is 92.6 cm³/mol. The zero-order valence-electron chi connectivity index (χ0n) is 14.9. The number of aromatic nitrogens is 4. The Hall–Kier alpha value is -2.68. The van der Waals surface area contributed by atoms with Gasteiger partial charge in [-0.25, -0.2) is 4.98 Å². The van der Waals surface area contributed by atoms with Gasteiger partial charge >= 0.3 is 6.18 Å². The fourth-order valence-corrected chi connectivity index (χ4v) is 3.32. The number of morpholine rings is 1. The van der Waals surface area contributed by atoms with Crippen molar-refractivity contribution in [3.8, 4) is 0 Å². The monoisotopic (exact) mass is 377 g/mol. The Morgan fingerprint density at radius 2 is 1.89 bits per heavy atom. The van der Waals surface area contributed by atoms with Crippen molar-refractivity contribution in [1.82, 2.24) is 19.6 Å². The van der Waals surface area contributed by atoms with E-state index in [2.05, 4.69) is 20.0 Å². The topological polar surface area (TPSA) is 55.5 Å². The van der Waals surface area contributed by atoms with Gasteiger partial charge in [-0.3, -0.25) is 0 Å². The van der Waals surface area contributed by atoms with Crippen LogP contribution in [0.25, 0.3) is 5.78 Å². The maximum absolute atomic E-state index is 12.8. The second-order valence-corrected chi connectivity index (χ2v) is 6.54. The standard InChI is InChI=1S/C18H18F3N5O/c1-11-12(2)24-17-22-10-23-26(17)16(11)25-7-8-27-15(9-25)13-3-5-14(6-4-13)18(19,20)21/h3-6,10,15H,7-9H2,1-2H3. The Kier molecular flexibility index (Phi) is 4.26. The van der Waals surface area contributed by atoms with Crippen molar-refractivity contribution >= 4 is 11.6 Å². The van der Waals surface area contributed by atoms with Gasteiger partial charge in [0, 0.05) is 24.3 Å². The van der Waals surface area contributed by atoms with Gasteiger partial charge in [0.25, 0.3) is 5.78 Å². The summed E-state index contributed by atoms with van der Waals surface area (Å²) in [5.41, 5.74) is 1.90. The fourth-order valence-electron chi connectivity index (χ4n) is 3.32. The first-order chi connectivity index (χ1) is 12.8. The lowest BCUT2D eigenvalue weighted by molar-refractivity contribution is -0.137. The van der Waals surface area contributed by atoms with E-state index in [0.717, 1.165) is 29.2 Å². The van der Waals surface area contributed by atoms with Gasteiger partial charge in [0.1, 0.15) is 18.2 Å².